The van der Waals surface area contributed by atoms with Crippen LogP contribution in [0.5, 0.6) is 5.75 Å². The fourth-order valence-electron chi connectivity index (χ4n) is 4.40. The number of sulfonamides is 1. The summed E-state index contributed by atoms with van der Waals surface area (Å²) < 4.78 is 33.3. The number of ketones is 1. The molecule has 0 saturated heterocycles. The number of hydrogen-bond acceptors (Lipinski definition) is 4. The Morgan fingerprint density at radius 3 is 2.62 bits per heavy atom. The maximum atomic E-state index is 12.8. The summed E-state index contributed by atoms with van der Waals surface area (Å²) in [4.78, 5) is 12.5. The Bertz CT molecular complexity index is 790. The number of methoxy groups -OCH3 is 1. The molecule has 1 N–H and O–H groups in total. The summed E-state index contributed by atoms with van der Waals surface area (Å²) in [7, 11) is -2.26. The number of anilines is 1. The van der Waals surface area contributed by atoms with E-state index in [2.05, 4.69) is 4.72 Å². The number of Topliss-reactive ketones (excluding diaryl/α,β-unsaturated/α-hetero) is 1. The van der Waals surface area contributed by atoms with Crippen LogP contribution in [0.25, 0.3) is 0 Å². The largest absolute Gasteiger partial charge is 0.495 e. The molecule has 2 fully saturated rings. The van der Waals surface area contributed by atoms with Gasteiger partial charge in [-0.25, -0.2) is 8.42 Å². The molecule has 3 rings (SSSR count). The molecule has 2 saturated carbocycles. The van der Waals surface area contributed by atoms with Gasteiger partial charge in [0.25, 0.3) is 0 Å². The zero-order valence-corrected chi connectivity index (χ0v) is 15.6. The molecule has 0 aromatic heterocycles. The molecule has 1 aromatic rings. The lowest BCUT2D eigenvalue weighted by atomic mass is 9.70. The number of carbonyl (C=O) groups excluding carboxylic acids is 1. The number of rotatable bonds is 5. The standard InChI is InChI=1S/C17H22ClNO4S/c1-16(2)11-6-7-17(16,15(20)8-11)10-24(21,22)19-13-9-12(18)4-5-14(13)23-3/h4-5,9,11,19H,6-8,10H2,1-3H3. The van der Waals surface area contributed by atoms with Crippen LogP contribution in [0.2, 0.25) is 5.02 Å². The van der Waals surface area contributed by atoms with Gasteiger partial charge in [-0.15, -0.1) is 0 Å². The summed E-state index contributed by atoms with van der Waals surface area (Å²) in [6, 6.07) is 4.74. The van der Waals surface area contributed by atoms with E-state index in [0.29, 0.717) is 29.3 Å². The third-order valence-electron chi connectivity index (χ3n) is 6.00. The maximum Gasteiger partial charge on any atom is 0.233 e. The summed E-state index contributed by atoms with van der Waals surface area (Å²) in [5.74, 6) is 0.549. The summed E-state index contributed by atoms with van der Waals surface area (Å²) in [6.45, 7) is 4.04. The van der Waals surface area contributed by atoms with Gasteiger partial charge in [0.05, 0.1) is 24.0 Å². The second kappa shape index (κ2) is 5.63. The lowest BCUT2D eigenvalue weighted by Gasteiger charge is -2.36. The first kappa shape index (κ1) is 17.5. The van der Waals surface area contributed by atoms with Gasteiger partial charge in [-0.05, 0) is 42.4 Å². The van der Waals surface area contributed by atoms with Crippen LogP contribution < -0.4 is 9.46 Å². The number of fused-ring (bicyclic) bond motifs is 2. The normalized spacial score (nSPS) is 28.2. The minimum Gasteiger partial charge on any atom is -0.495 e. The first-order chi connectivity index (χ1) is 11.1. The van der Waals surface area contributed by atoms with E-state index in [-0.39, 0.29) is 22.9 Å². The Labute approximate surface area is 147 Å². The van der Waals surface area contributed by atoms with E-state index in [0.717, 1.165) is 6.42 Å². The Kier molecular flexibility index (Phi) is 4.12. The molecule has 5 nitrogen and oxygen atoms in total. The van der Waals surface area contributed by atoms with Crippen molar-refractivity contribution in [3.63, 3.8) is 0 Å². The van der Waals surface area contributed by atoms with E-state index in [1.165, 1.54) is 13.2 Å². The van der Waals surface area contributed by atoms with Crippen LogP contribution in [-0.2, 0) is 14.8 Å². The first-order valence-corrected chi connectivity index (χ1v) is 10.0. The van der Waals surface area contributed by atoms with E-state index in [1.807, 2.05) is 13.8 Å². The molecule has 2 unspecified atom stereocenters. The van der Waals surface area contributed by atoms with Crippen molar-refractivity contribution in [1.82, 2.24) is 0 Å². The highest BCUT2D eigenvalue weighted by Gasteiger charge is 2.65. The minimum absolute atomic E-state index is 0.0761. The predicted molar refractivity (Wildman–Crippen MR) is 94.0 cm³/mol. The molecule has 2 aliphatic carbocycles. The number of halogens is 1. The van der Waals surface area contributed by atoms with Crippen molar-refractivity contribution in [3.8, 4) is 5.75 Å². The number of nitrogens with one attached hydrogen (secondary N) is 1. The first-order valence-electron chi connectivity index (χ1n) is 7.99. The van der Waals surface area contributed by atoms with Crippen molar-refractivity contribution in [2.75, 3.05) is 17.6 Å². The molecule has 7 heteroatoms. The average Bonchev–Trinajstić information content (AvgIpc) is 2.80. The molecule has 0 amide bonds. The van der Waals surface area contributed by atoms with Gasteiger partial charge in [0, 0.05) is 11.4 Å². The molecule has 1 aromatic carbocycles. The third kappa shape index (κ3) is 2.60. The molecule has 2 aliphatic rings. The van der Waals surface area contributed by atoms with Crippen molar-refractivity contribution in [2.45, 2.75) is 33.1 Å². The Morgan fingerprint density at radius 2 is 2.08 bits per heavy atom. The summed E-state index contributed by atoms with van der Waals surface area (Å²) in [5.41, 5.74) is -0.800. The van der Waals surface area contributed by atoms with Gasteiger partial charge < -0.3 is 4.74 Å². The lowest BCUT2D eigenvalue weighted by Crippen LogP contribution is -2.43. The van der Waals surface area contributed by atoms with E-state index >= 15 is 0 Å². The Balaban J connectivity index is 1.90. The smallest absolute Gasteiger partial charge is 0.233 e. The van der Waals surface area contributed by atoms with Gasteiger partial charge in [-0.3, -0.25) is 9.52 Å². The molecular formula is C17H22ClNO4S. The molecule has 2 bridgehead atoms. The highest BCUT2D eigenvalue weighted by Crippen LogP contribution is 2.64. The van der Waals surface area contributed by atoms with Gasteiger partial charge in [-0.1, -0.05) is 25.4 Å². The van der Waals surface area contributed by atoms with Crippen LogP contribution in [0.15, 0.2) is 18.2 Å². The summed E-state index contributed by atoms with van der Waals surface area (Å²) in [5, 5.41) is 0.407. The van der Waals surface area contributed by atoms with Crippen molar-refractivity contribution < 1.29 is 17.9 Å². The number of ether oxygens (including phenoxy) is 1. The monoisotopic (exact) mass is 371 g/mol. The van der Waals surface area contributed by atoms with E-state index in [1.54, 1.807) is 12.1 Å². The van der Waals surface area contributed by atoms with Gasteiger partial charge in [0.1, 0.15) is 11.5 Å². The number of hydrogen-bond donors (Lipinski definition) is 1. The van der Waals surface area contributed by atoms with E-state index < -0.39 is 15.4 Å². The van der Waals surface area contributed by atoms with Crippen LogP contribution in [-0.4, -0.2) is 27.1 Å². The van der Waals surface area contributed by atoms with Crippen molar-refractivity contribution in [3.05, 3.63) is 23.2 Å². The number of carbonyl (C=O) groups is 1. The molecule has 0 spiro atoms. The Morgan fingerprint density at radius 1 is 1.38 bits per heavy atom. The molecule has 132 valence electrons. The van der Waals surface area contributed by atoms with Gasteiger partial charge in [0.15, 0.2) is 0 Å². The zero-order valence-electron chi connectivity index (χ0n) is 14.1. The molecular weight excluding hydrogens is 350 g/mol. The van der Waals surface area contributed by atoms with Crippen LogP contribution in [0, 0.1) is 16.7 Å². The molecule has 2 atom stereocenters. The Hall–Kier alpha value is -1.27. The maximum absolute atomic E-state index is 12.8. The van der Waals surface area contributed by atoms with Crippen molar-refractivity contribution in [1.29, 1.82) is 0 Å². The summed E-state index contributed by atoms with van der Waals surface area (Å²) >= 11 is 5.96. The van der Waals surface area contributed by atoms with Crippen molar-refractivity contribution >= 4 is 33.1 Å². The van der Waals surface area contributed by atoms with Crippen LogP contribution in [0.1, 0.15) is 33.1 Å². The molecule has 24 heavy (non-hydrogen) atoms. The fourth-order valence-corrected chi connectivity index (χ4v) is 6.46. The fraction of sp³-hybridized carbons (Fsp3) is 0.588. The average molecular weight is 372 g/mol. The summed E-state index contributed by atoms with van der Waals surface area (Å²) in [6.07, 6.45) is 2.04. The number of benzene rings is 1. The molecule has 0 radical (unpaired) electrons. The van der Waals surface area contributed by atoms with Crippen LogP contribution in [0.3, 0.4) is 0 Å². The predicted octanol–water partition coefficient (Wildman–Crippen LogP) is 3.49. The zero-order chi connectivity index (χ0) is 17.8. The second-order valence-corrected chi connectivity index (χ2v) is 9.53. The highest BCUT2D eigenvalue weighted by molar-refractivity contribution is 7.92. The van der Waals surface area contributed by atoms with Gasteiger partial charge in [0.2, 0.25) is 10.0 Å². The van der Waals surface area contributed by atoms with Gasteiger partial charge in [-0.2, -0.15) is 0 Å². The van der Waals surface area contributed by atoms with Crippen LogP contribution >= 0.6 is 11.6 Å². The van der Waals surface area contributed by atoms with E-state index in [9.17, 15) is 13.2 Å². The quantitative estimate of drug-likeness (QED) is 0.859. The highest BCUT2D eigenvalue weighted by atomic mass is 35.5. The third-order valence-corrected chi connectivity index (χ3v) is 7.64. The van der Waals surface area contributed by atoms with Crippen LogP contribution in [0.4, 0.5) is 5.69 Å². The molecule has 0 heterocycles. The van der Waals surface area contributed by atoms with E-state index in [4.69, 9.17) is 16.3 Å². The van der Waals surface area contributed by atoms with Gasteiger partial charge >= 0.3 is 0 Å². The minimum atomic E-state index is -3.72. The van der Waals surface area contributed by atoms with Crippen molar-refractivity contribution in [2.24, 2.45) is 16.7 Å². The lowest BCUT2D eigenvalue weighted by molar-refractivity contribution is -0.128. The topological polar surface area (TPSA) is 72.5 Å². The SMILES string of the molecule is COc1ccc(Cl)cc1NS(=O)(=O)CC12CCC(CC1=O)C2(C)C. The molecule has 0 aliphatic heterocycles. The second-order valence-electron chi connectivity index (χ2n) is 7.37.